The van der Waals surface area contributed by atoms with E-state index in [-0.39, 0.29) is 18.3 Å². The normalized spacial score (nSPS) is 15.1. The van der Waals surface area contributed by atoms with Crippen molar-refractivity contribution in [2.24, 2.45) is 0 Å². The van der Waals surface area contributed by atoms with Gasteiger partial charge in [-0.15, -0.1) is 0 Å². The average Bonchev–Trinajstić information content (AvgIpc) is 3.34. The second-order valence-corrected chi connectivity index (χ2v) is 8.74. The molecule has 192 valence electrons. The van der Waals surface area contributed by atoms with Gasteiger partial charge in [0.2, 0.25) is 0 Å². The van der Waals surface area contributed by atoms with Crippen LogP contribution < -0.4 is 15.4 Å². The lowest BCUT2D eigenvalue weighted by atomic mass is 10.0. The summed E-state index contributed by atoms with van der Waals surface area (Å²) in [4.78, 5) is 15.4. The van der Waals surface area contributed by atoms with E-state index in [0.717, 1.165) is 32.2 Å². The topological polar surface area (TPSA) is 71.4 Å². The van der Waals surface area contributed by atoms with Gasteiger partial charge in [0.1, 0.15) is 17.2 Å². The maximum absolute atomic E-state index is 13.5. The predicted molar refractivity (Wildman–Crippen MR) is 130 cm³/mol. The van der Waals surface area contributed by atoms with Gasteiger partial charge in [0.25, 0.3) is 5.91 Å². The number of hydrogen-bond acceptors (Lipinski definition) is 5. The number of likely N-dealkylation sites (N-methyl/N-ethyl adjacent to an activating group) is 1. The Morgan fingerprint density at radius 2 is 1.78 bits per heavy atom. The van der Waals surface area contributed by atoms with Gasteiger partial charge in [-0.2, -0.15) is 18.3 Å². The molecule has 0 unspecified atom stereocenters. The lowest BCUT2D eigenvalue weighted by Gasteiger charge is -2.32. The molecular weight excluding hydrogens is 471 g/mol. The molecule has 4 rings (SSSR count). The third-order valence-corrected chi connectivity index (χ3v) is 6.22. The minimum absolute atomic E-state index is 0.0857. The summed E-state index contributed by atoms with van der Waals surface area (Å²) in [6.07, 6.45) is -3.39. The highest BCUT2D eigenvalue weighted by atomic mass is 19.4. The third kappa shape index (κ3) is 6.44. The standard InChI is InChI=1S/C26H30F3N5O2/c1-30-13-16-33-14-11-20(12-15-33)34-22(17-24(32-34)26(27,28)29)25(35)31-18-19-7-5-6-10-23(19)36-21-8-3-2-4-9-21/h2-10,17,20,30H,11-16,18H2,1H3,(H,31,35). The zero-order valence-corrected chi connectivity index (χ0v) is 20.1. The minimum Gasteiger partial charge on any atom is -0.457 e. The summed E-state index contributed by atoms with van der Waals surface area (Å²) in [6.45, 7) is 3.27. The zero-order valence-electron chi connectivity index (χ0n) is 20.1. The van der Waals surface area contributed by atoms with Gasteiger partial charge in [0, 0.05) is 44.4 Å². The molecular formula is C26H30F3N5O2. The van der Waals surface area contributed by atoms with Gasteiger partial charge in [0.05, 0.1) is 6.04 Å². The molecule has 0 spiro atoms. The van der Waals surface area contributed by atoms with Gasteiger partial charge < -0.3 is 20.3 Å². The minimum atomic E-state index is -4.64. The van der Waals surface area contributed by atoms with E-state index in [9.17, 15) is 18.0 Å². The van der Waals surface area contributed by atoms with Crippen LogP contribution >= 0.6 is 0 Å². The fourth-order valence-electron chi connectivity index (χ4n) is 4.27. The Labute approximate surface area is 208 Å². The molecule has 2 N–H and O–H groups in total. The van der Waals surface area contributed by atoms with E-state index in [1.165, 1.54) is 4.68 Å². The van der Waals surface area contributed by atoms with Crippen LogP contribution in [0.1, 0.15) is 40.6 Å². The number of ether oxygens (including phenoxy) is 1. The zero-order chi connectivity index (χ0) is 25.5. The van der Waals surface area contributed by atoms with Crippen molar-refractivity contribution in [1.82, 2.24) is 25.3 Å². The van der Waals surface area contributed by atoms with Gasteiger partial charge in [-0.25, -0.2) is 0 Å². The summed E-state index contributed by atoms with van der Waals surface area (Å²) in [6, 6.07) is 17.0. The average molecular weight is 502 g/mol. The van der Waals surface area contributed by atoms with Crippen LogP contribution in [0.15, 0.2) is 60.7 Å². The fourth-order valence-corrected chi connectivity index (χ4v) is 4.27. The molecule has 0 radical (unpaired) electrons. The van der Waals surface area contributed by atoms with Gasteiger partial charge >= 0.3 is 6.18 Å². The molecule has 0 atom stereocenters. The second kappa shape index (κ2) is 11.6. The maximum atomic E-state index is 13.5. The molecule has 1 saturated heterocycles. The molecule has 7 nitrogen and oxygen atoms in total. The van der Waals surface area contributed by atoms with Crippen molar-refractivity contribution >= 4 is 5.91 Å². The SMILES string of the molecule is CNCCN1CCC(n2nc(C(F)(F)F)cc2C(=O)NCc2ccccc2Oc2ccccc2)CC1. The number of halogens is 3. The Hall–Kier alpha value is -3.37. The Balaban J connectivity index is 1.48. The summed E-state index contributed by atoms with van der Waals surface area (Å²) in [5, 5.41) is 9.67. The number of piperidine rings is 1. The van der Waals surface area contributed by atoms with E-state index in [0.29, 0.717) is 29.9 Å². The number of benzene rings is 2. The monoisotopic (exact) mass is 501 g/mol. The van der Waals surface area contributed by atoms with Crippen molar-refractivity contribution in [2.75, 3.05) is 33.2 Å². The number of hydrogen-bond donors (Lipinski definition) is 2. The van der Waals surface area contributed by atoms with E-state index < -0.39 is 17.8 Å². The van der Waals surface area contributed by atoms with Crippen LogP contribution in [0.2, 0.25) is 0 Å². The van der Waals surface area contributed by atoms with E-state index in [1.54, 1.807) is 12.1 Å². The fraction of sp³-hybridized carbons (Fsp3) is 0.385. The first-order valence-electron chi connectivity index (χ1n) is 12.0. The predicted octanol–water partition coefficient (Wildman–Crippen LogP) is 4.48. The number of amides is 1. The lowest BCUT2D eigenvalue weighted by molar-refractivity contribution is -0.141. The lowest BCUT2D eigenvalue weighted by Crippen LogP contribution is -2.39. The molecule has 0 saturated carbocycles. The number of para-hydroxylation sites is 2. The molecule has 0 aliphatic carbocycles. The first-order chi connectivity index (χ1) is 17.3. The molecule has 10 heteroatoms. The third-order valence-electron chi connectivity index (χ3n) is 6.22. The summed E-state index contributed by atoms with van der Waals surface area (Å²) in [5.74, 6) is 0.595. The summed E-state index contributed by atoms with van der Waals surface area (Å²) in [7, 11) is 1.88. The van der Waals surface area contributed by atoms with Crippen LogP contribution in [0.3, 0.4) is 0 Å². The Morgan fingerprint density at radius 3 is 2.47 bits per heavy atom. The molecule has 1 aliphatic rings. The van der Waals surface area contributed by atoms with E-state index in [1.807, 2.05) is 49.5 Å². The molecule has 1 aromatic heterocycles. The summed E-state index contributed by atoms with van der Waals surface area (Å²) >= 11 is 0. The highest BCUT2D eigenvalue weighted by Crippen LogP contribution is 2.32. The molecule has 3 aromatic rings. The molecule has 1 amide bonds. The Kier molecular flexibility index (Phi) is 8.27. The van der Waals surface area contributed by atoms with Crippen LogP contribution in [0.25, 0.3) is 0 Å². The number of rotatable bonds is 9. The Bertz CT molecular complexity index is 1140. The first-order valence-corrected chi connectivity index (χ1v) is 12.0. The number of likely N-dealkylation sites (tertiary alicyclic amines) is 1. The Morgan fingerprint density at radius 1 is 1.08 bits per heavy atom. The highest BCUT2D eigenvalue weighted by Gasteiger charge is 2.37. The van der Waals surface area contributed by atoms with Gasteiger partial charge in [-0.3, -0.25) is 9.48 Å². The molecule has 2 heterocycles. The van der Waals surface area contributed by atoms with Crippen molar-refractivity contribution in [2.45, 2.75) is 31.6 Å². The second-order valence-electron chi connectivity index (χ2n) is 8.74. The van der Waals surface area contributed by atoms with E-state index in [4.69, 9.17) is 4.74 Å². The van der Waals surface area contributed by atoms with Crippen molar-refractivity contribution in [3.05, 3.63) is 77.6 Å². The van der Waals surface area contributed by atoms with Crippen LogP contribution in [0.5, 0.6) is 11.5 Å². The summed E-state index contributed by atoms with van der Waals surface area (Å²) < 4.78 is 47.6. The molecule has 36 heavy (non-hydrogen) atoms. The van der Waals surface area contributed by atoms with Crippen molar-refractivity contribution < 1.29 is 22.7 Å². The van der Waals surface area contributed by atoms with Gasteiger partial charge in [-0.05, 0) is 38.1 Å². The number of alkyl halides is 3. The molecule has 1 aliphatic heterocycles. The first kappa shape index (κ1) is 25.7. The maximum Gasteiger partial charge on any atom is 0.435 e. The van der Waals surface area contributed by atoms with Gasteiger partial charge in [0.15, 0.2) is 5.69 Å². The molecule has 0 bridgehead atoms. The number of carbonyl (C=O) groups excluding carboxylic acids is 1. The van der Waals surface area contributed by atoms with Crippen molar-refractivity contribution in [1.29, 1.82) is 0 Å². The quantitative estimate of drug-likeness (QED) is 0.453. The van der Waals surface area contributed by atoms with E-state index >= 15 is 0 Å². The number of nitrogens with one attached hydrogen (secondary N) is 2. The van der Waals surface area contributed by atoms with Crippen molar-refractivity contribution in [3.8, 4) is 11.5 Å². The largest absolute Gasteiger partial charge is 0.457 e. The van der Waals surface area contributed by atoms with Crippen molar-refractivity contribution in [3.63, 3.8) is 0 Å². The van der Waals surface area contributed by atoms with E-state index in [2.05, 4.69) is 20.6 Å². The molecule has 1 fully saturated rings. The van der Waals surface area contributed by atoms with Crippen LogP contribution in [-0.2, 0) is 12.7 Å². The number of nitrogens with zero attached hydrogens (tertiary/aromatic N) is 3. The molecule has 2 aromatic carbocycles. The van der Waals surface area contributed by atoms with Gasteiger partial charge in [-0.1, -0.05) is 36.4 Å². The number of aromatic nitrogens is 2. The number of carbonyl (C=O) groups is 1. The van der Waals surface area contributed by atoms with Crippen LogP contribution in [0.4, 0.5) is 13.2 Å². The highest BCUT2D eigenvalue weighted by molar-refractivity contribution is 5.92. The van der Waals surface area contributed by atoms with Crippen LogP contribution in [0, 0.1) is 0 Å². The smallest absolute Gasteiger partial charge is 0.435 e. The van der Waals surface area contributed by atoms with Crippen LogP contribution in [-0.4, -0.2) is 53.8 Å². The summed E-state index contributed by atoms with van der Waals surface area (Å²) in [5.41, 5.74) is -0.440.